The first-order valence-electron chi connectivity index (χ1n) is 9.21. The van der Waals surface area contributed by atoms with Crippen molar-refractivity contribution in [1.29, 1.82) is 0 Å². The second-order valence-electron chi connectivity index (χ2n) is 6.77. The van der Waals surface area contributed by atoms with Crippen LogP contribution in [0.2, 0.25) is 0 Å². The van der Waals surface area contributed by atoms with Crippen LogP contribution in [0.25, 0.3) is 0 Å². The van der Waals surface area contributed by atoms with Crippen LogP contribution >= 0.6 is 0 Å². The topological polar surface area (TPSA) is 67.9 Å². The van der Waals surface area contributed by atoms with Gasteiger partial charge in [-0.1, -0.05) is 37.3 Å². The lowest BCUT2D eigenvalue weighted by atomic mass is 9.91. The number of fused-ring (bicyclic) bond motifs is 2. The highest BCUT2D eigenvalue weighted by atomic mass is 16.7. The molecule has 2 aromatic carbocycles. The summed E-state index contributed by atoms with van der Waals surface area (Å²) in [6, 6.07) is 12.7. The number of carbonyl (C=O) groups is 2. The highest BCUT2D eigenvalue weighted by Gasteiger charge is 2.36. The number of hydrogen-bond acceptors (Lipinski definition) is 4. The molecule has 0 radical (unpaired) electrons. The van der Waals surface area contributed by atoms with Crippen LogP contribution in [-0.4, -0.2) is 30.1 Å². The lowest BCUT2D eigenvalue weighted by Gasteiger charge is -2.36. The molecule has 6 heteroatoms. The maximum Gasteiger partial charge on any atom is 0.247 e. The van der Waals surface area contributed by atoms with Crippen LogP contribution in [0.4, 0.5) is 0 Å². The quantitative estimate of drug-likeness (QED) is 0.883. The molecule has 6 nitrogen and oxygen atoms in total. The van der Waals surface area contributed by atoms with Gasteiger partial charge >= 0.3 is 0 Å². The molecular formula is C21H22N2O4. The highest BCUT2D eigenvalue weighted by Crippen LogP contribution is 2.33. The molecule has 140 valence electrons. The van der Waals surface area contributed by atoms with Gasteiger partial charge in [0.2, 0.25) is 18.6 Å². The first-order chi connectivity index (χ1) is 13.2. The van der Waals surface area contributed by atoms with Crippen LogP contribution < -0.4 is 14.8 Å². The molecule has 0 fully saturated rings. The second-order valence-corrected chi connectivity index (χ2v) is 6.77. The summed E-state index contributed by atoms with van der Waals surface area (Å²) in [6.07, 6.45) is 1.15. The van der Waals surface area contributed by atoms with E-state index in [1.165, 1.54) is 0 Å². The van der Waals surface area contributed by atoms with E-state index in [9.17, 15) is 9.59 Å². The minimum Gasteiger partial charge on any atom is -0.454 e. The first kappa shape index (κ1) is 17.4. The molecule has 2 amide bonds. The summed E-state index contributed by atoms with van der Waals surface area (Å²) in [5.41, 5.74) is 2.76. The van der Waals surface area contributed by atoms with Crippen LogP contribution in [0.5, 0.6) is 11.5 Å². The van der Waals surface area contributed by atoms with Gasteiger partial charge in [0.05, 0.1) is 6.42 Å². The summed E-state index contributed by atoms with van der Waals surface area (Å²) >= 11 is 0. The SMILES string of the molecule is CCCN1C(=O)Cc2ccccc2[C@H]1C(=O)NCc1ccc2c(c1)OCO2. The lowest BCUT2D eigenvalue weighted by Crippen LogP contribution is -2.47. The van der Waals surface area contributed by atoms with Crippen molar-refractivity contribution < 1.29 is 19.1 Å². The third kappa shape index (κ3) is 3.35. The summed E-state index contributed by atoms with van der Waals surface area (Å²) in [5.74, 6) is 1.24. The average Bonchev–Trinajstić information content (AvgIpc) is 3.14. The standard InChI is InChI=1S/C21H22N2O4/c1-2-9-23-19(24)11-15-5-3-4-6-16(15)20(23)21(25)22-12-14-7-8-17-18(10-14)27-13-26-17/h3-8,10,20H,2,9,11-13H2,1H3,(H,22,25)/t20-/m0/s1. The van der Waals surface area contributed by atoms with Gasteiger partial charge in [-0.05, 0) is 35.2 Å². The molecule has 0 aliphatic carbocycles. The zero-order chi connectivity index (χ0) is 18.8. The molecule has 27 heavy (non-hydrogen) atoms. The number of nitrogens with one attached hydrogen (secondary N) is 1. The minimum absolute atomic E-state index is 0.00113. The summed E-state index contributed by atoms with van der Waals surface area (Å²) in [6.45, 7) is 3.16. The Hall–Kier alpha value is -3.02. The zero-order valence-electron chi connectivity index (χ0n) is 15.2. The molecule has 0 aromatic heterocycles. The third-order valence-electron chi connectivity index (χ3n) is 4.94. The first-order valence-corrected chi connectivity index (χ1v) is 9.21. The number of rotatable bonds is 5. The Labute approximate surface area is 158 Å². The molecule has 0 bridgehead atoms. The van der Waals surface area contributed by atoms with Gasteiger partial charge in [-0.25, -0.2) is 0 Å². The van der Waals surface area contributed by atoms with E-state index in [2.05, 4.69) is 5.32 Å². The van der Waals surface area contributed by atoms with Crippen LogP contribution in [0.15, 0.2) is 42.5 Å². The molecule has 1 N–H and O–H groups in total. The van der Waals surface area contributed by atoms with Crippen molar-refractivity contribution in [3.8, 4) is 11.5 Å². The fourth-order valence-electron chi connectivity index (χ4n) is 3.65. The molecule has 1 atom stereocenters. The van der Waals surface area contributed by atoms with Gasteiger partial charge in [-0.3, -0.25) is 9.59 Å². The molecule has 2 aliphatic heterocycles. The zero-order valence-corrected chi connectivity index (χ0v) is 15.2. The Morgan fingerprint density at radius 1 is 1.19 bits per heavy atom. The molecule has 0 spiro atoms. The summed E-state index contributed by atoms with van der Waals surface area (Å²) < 4.78 is 10.7. The van der Waals surface area contributed by atoms with E-state index in [1.54, 1.807) is 4.90 Å². The molecule has 0 saturated heterocycles. The molecule has 0 unspecified atom stereocenters. The molecule has 2 heterocycles. The van der Waals surface area contributed by atoms with Gasteiger partial charge < -0.3 is 19.7 Å². The Morgan fingerprint density at radius 2 is 2.00 bits per heavy atom. The van der Waals surface area contributed by atoms with Gasteiger partial charge in [-0.2, -0.15) is 0 Å². The largest absolute Gasteiger partial charge is 0.454 e. The second kappa shape index (κ2) is 7.31. The smallest absolute Gasteiger partial charge is 0.247 e. The Balaban J connectivity index is 1.54. The van der Waals surface area contributed by atoms with E-state index >= 15 is 0 Å². The van der Waals surface area contributed by atoms with Crippen molar-refractivity contribution in [2.75, 3.05) is 13.3 Å². The number of ether oxygens (including phenoxy) is 2. The average molecular weight is 366 g/mol. The van der Waals surface area contributed by atoms with Crippen molar-refractivity contribution in [2.24, 2.45) is 0 Å². The maximum absolute atomic E-state index is 13.0. The normalized spacial score (nSPS) is 17.6. The maximum atomic E-state index is 13.0. The van der Waals surface area contributed by atoms with Crippen molar-refractivity contribution >= 4 is 11.8 Å². The fraction of sp³-hybridized carbons (Fsp3) is 0.333. The molecule has 2 aliphatic rings. The van der Waals surface area contributed by atoms with E-state index in [0.717, 1.165) is 23.1 Å². The monoisotopic (exact) mass is 366 g/mol. The molecular weight excluding hydrogens is 344 g/mol. The minimum atomic E-state index is -0.587. The Bertz CT molecular complexity index is 880. The Morgan fingerprint density at radius 3 is 2.85 bits per heavy atom. The third-order valence-corrected chi connectivity index (χ3v) is 4.94. The summed E-state index contributed by atoms with van der Waals surface area (Å²) in [4.78, 5) is 27.3. The van der Waals surface area contributed by atoms with E-state index in [4.69, 9.17) is 9.47 Å². The molecule has 2 aromatic rings. The number of amides is 2. The van der Waals surface area contributed by atoms with Crippen molar-refractivity contribution in [3.63, 3.8) is 0 Å². The summed E-state index contributed by atoms with van der Waals surface area (Å²) in [5, 5.41) is 2.98. The van der Waals surface area contributed by atoms with Crippen LogP contribution in [0.3, 0.4) is 0 Å². The van der Waals surface area contributed by atoms with E-state index in [-0.39, 0.29) is 18.6 Å². The van der Waals surface area contributed by atoms with Gasteiger partial charge in [-0.15, -0.1) is 0 Å². The van der Waals surface area contributed by atoms with Crippen LogP contribution in [-0.2, 0) is 22.6 Å². The lowest BCUT2D eigenvalue weighted by molar-refractivity contribution is -0.141. The predicted molar refractivity (Wildman–Crippen MR) is 99.3 cm³/mol. The van der Waals surface area contributed by atoms with Crippen molar-refractivity contribution in [3.05, 3.63) is 59.2 Å². The van der Waals surface area contributed by atoms with E-state index < -0.39 is 6.04 Å². The Kier molecular flexibility index (Phi) is 4.71. The predicted octanol–water partition coefficient (Wildman–Crippen LogP) is 2.57. The van der Waals surface area contributed by atoms with Crippen LogP contribution in [0.1, 0.15) is 36.1 Å². The van der Waals surface area contributed by atoms with Crippen LogP contribution in [0, 0.1) is 0 Å². The van der Waals surface area contributed by atoms with E-state index in [0.29, 0.717) is 31.0 Å². The van der Waals surface area contributed by atoms with E-state index in [1.807, 2.05) is 49.4 Å². The number of nitrogens with zero attached hydrogens (tertiary/aromatic N) is 1. The van der Waals surface area contributed by atoms with Gasteiger partial charge in [0.1, 0.15) is 6.04 Å². The number of carbonyl (C=O) groups excluding carboxylic acids is 2. The summed E-state index contributed by atoms with van der Waals surface area (Å²) in [7, 11) is 0. The number of benzene rings is 2. The van der Waals surface area contributed by atoms with Gasteiger partial charge in [0, 0.05) is 13.1 Å². The molecule has 4 rings (SSSR count). The van der Waals surface area contributed by atoms with Crippen molar-refractivity contribution in [1.82, 2.24) is 10.2 Å². The van der Waals surface area contributed by atoms with Crippen molar-refractivity contribution in [2.45, 2.75) is 32.4 Å². The van der Waals surface area contributed by atoms with Gasteiger partial charge in [0.25, 0.3) is 0 Å². The number of hydrogen-bond donors (Lipinski definition) is 1. The fourth-order valence-corrected chi connectivity index (χ4v) is 3.65. The molecule has 0 saturated carbocycles. The van der Waals surface area contributed by atoms with Gasteiger partial charge in [0.15, 0.2) is 11.5 Å². The highest BCUT2D eigenvalue weighted by molar-refractivity contribution is 5.92.